The summed E-state index contributed by atoms with van der Waals surface area (Å²) in [6, 6.07) is 3.05. The van der Waals surface area contributed by atoms with E-state index in [9.17, 15) is 22.8 Å². The fourth-order valence-electron chi connectivity index (χ4n) is 4.64. The summed E-state index contributed by atoms with van der Waals surface area (Å²) < 4.78 is 46.2. The van der Waals surface area contributed by atoms with E-state index in [1.807, 2.05) is 43.5 Å². The largest absolute Gasteiger partial charge is 0.451 e. The summed E-state index contributed by atoms with van der Waals surface area (Å²) in [5, 5.41) is 3.07. The molecule has 0 aromatic carbocycles. The molecule has 0 aliphatic carbocycles. The van der Waals surface area contributed by atoms with Gasteiger partial charge in [0.15, 0.2) is 0 Å². The molecule has 0 radical (unpaired) electrons. The number of rotatable bonds is 5. The number of pyridine rings is 1. The third kappa shape index (κ3) is 6.52. The van der Waals surface area contributed by atoms with Crippen LogP contribution in [0, 0.1) is 6.92 Å². The number of amides is 2. The molecule has 3 aromatic rings. The Hall–Kier alpha value is -3.74. The Morgan fingerprint density at radius 3 is 2.35 bits per heavy atom. The molecule has 13 heteroatoms. The van der Waals surface area contributed by atoms with E-state index in [4.69, 9.17) is 4.74 Å². The smallest absolute Gasteiger partial charge is 0.444 e. The maximum absolute atomic E-state index is 13.8. The first-order valence-electron chi connectivity index (χ1n) is 12.9. The van der Waals surface area contributed by atoms with Gasteiger partial charge in [0, 0.05) is 50.3 Å². The van der Waals surface area contributed by atoms with Gasteiger partial charge in [-0.15, -0.1) is 0 Å². The van der Waals surface area contributed by atoms with Crippen molar-refractivity contribution in [2.75, 3.05) is 19.6 Å². The number of ether oxygens (including phenoxy) is 1. The van der Waals surface area contributed by atoms with Gasteiger partial charge in [-0.3, -0.25) is 9.69 Å². The molecule has 1 saturated heterocycles. The van der Waals surface area contributed by atoms with E-state index in [-0.39, 0.29) is 32.1 Å². The van der Waals surface area contributed by atoms with Crippen LogP contribution in [0.3, 0.4) is 0 Å². The Morgan fingerprint density at radius 1 is 1.05 bits per heavy atom. The number of imidazole rings is 1. The van der Waals surface area contributed by atoms with E-state index in [2.05, 4.69) is 20.3 Å². The van der Waals surface area contributed by atoms with E-state index in [0.717, 1.165) is 23.5 Å². The molecule has 0 unspecified atom stereocenters. The summed E-state index contributed by atoms with van der Waals surface area (Å²) >= 11 is 0. The predicted molar refractivity (Wildman–Crippen MR) is 140 cm³/mol. The van der Waals surface area contributed by atoms with Gasteiger partial charge in [-0.05, 0) is 53.2 Å². The average molecular weight is 562 g/mol. The van der Waals surface area contributed by atoms with Gasteiger partial charge >= 0.3 is 12.3 Å². The Bertz CT molecular complexity index is 1380. The monoisotopic (exact) mass is 561 g/mol. The van der Waals surface area contributed by atoms with Gasteiger partial charge < -0.3 is 19.4 Å². The van der Waals surface area contributed by atoms with Crippen molar-refractivity contribution in [3.05, 3.63) is 59.7 Å². The number of carbonyl (C=O) groups is 2. The van der Waals surface area contributed by atoms with Gasteiger partial charge in [-0.2, -0.15) is 13.2 Å². The first-order chi connectivity index (χ1) is 18.5. The molecule has 1 aliphatic rings. The maximum Gasteiger partial charge on any atom is 0.451 e. The van der Waals surface area contributed by atoms with Gasteiger partial charge in [0.2, 0.25) is 11.7 Å². The third-order valence-corrected chi connectivity index (χ3v) is 6.57. The van der Waals surface area contributed by atoms with E-state index < -0.39 is 35.3 Å². The van der Waals surface area contributed by atoms with E-state index in [1.54, 1.807) is 31.9 Å². The molecule has 1 fully saturated rings. The molecular weight excluding hydrogens is 527 g/mol. The van der Waals surface area contributed by atoms with Crippen LogP contribution in [-0.2, 0) is 27.8 Å². The van der Waals surface area contributed by atoms with Crippen molar-refractivity contribution in [1.29, 1.82) is 0 Å². The van der Waals surface area contributed by atoms with E-state index >= 15 is 0 Å². The zero-order chi connectivity index (χ0) is 29.5. The predicted octanol–water partition coefficient (Wildman–Crippen LogP) is 3.92. The molecule has 0 spiro atoms. The van der Waals surface area contributed by atoms with E-state index in [0.29, 0.717) is 11.4 Å². The number of alkyl halides is 3. The number of carbonyl (C=O) groups excluding carboxylic acids is 2. The highest BCUT2D eigenvalue weighted by Gasteiger charge is 2.39. The number of aromatic nitrogens is 4. The zero-order valence-electron chi connectivity index (χ0n) is 23.4. The maximum atomic E-state index is 13.8. The number of aryl methyl sites for hydroxylation is 1. The summed E-state index contributed by atoms with van der Waals surface area (Å²) in [4.78, 5) is 41.4. The van der Waals surface area contributed by atoms with Gasteiger partial charge in [0.05, 0.1) is 17.3 Å². The molecule has 1 N–H and O–H groups in total. The van der Waals surface area contributed by atoms with Crippen molar-refractivity contribution >= 4 is 17.5 Å². The molecule has 216 valence electrons. The molecule has 40 heavy (non-hydrogen) atoms. The topological polar surface area (TPSA) is 105 Å². The van der Waals surface area contributed by atoms with Crippen LogP contribution in [0.15, 0.2) is 36.9 Å². The van der Waals surface area contributed by atoms with E-state index in [1.165, 1.54) is 4.90 Å². The molecule has 0 saturated carbocycles. The quantitative estimate of drug-likeness (QED) is 0.504. The molecule has 10 nitrogen and oxygen atoms in total. The number of nitrogens with one attached hydrogen (secondary N) is 1. The highest BCUT2D eigenvalue weighted by molar-refractivity contribution is 5.84. The highest BCUT2D eigenvalue weighted by Crippen LogP contribution is 2.26. The van der Waals surface area contributed by atoms with Crippen molar-refractivity contribution in [1.82, 2.24) is 34.5 Å². The lowest BCUT2D eigenvalue weighted by Crippen LogP contribution is -2.61. The second-order valence-corrected chi connectivity index (χ2v) is 11.5. The molecule has 1 atom stereocenters. The van der Waals surface area contributed by atoms with Crippen LogP contribution in [-0.4, -0.2) is 72.4 Å². The third-order valence-electron chi connectivity index (χ3n) is 6.57. The number of piperazine rings is 1. The van der Waals surface area contributed by atoms with Gasteiger partial charge in [0.25, 0.3) is 0 Å². The van der Waals surface area contributed by atoms with Crippen molar-refractivity contribution in [3.8, 4) is 0 Å². The Kier molecular flexibility index (Phi) is 7.81. The van der Waals surface area contributed by atoms with Crippen LogP contribution < -0.4 is 5.32 Å². The second kappa shape index (κ2) is 10.7. The van der Waals surface area contributed by atoms with Gasteiger partial charge in [0.1, 0.15) is 17.5 Å². The minimum absolute atomic E-state index is 0.0275. The molecule has 4 rings (SSSR count). The van der Waals surface area contributed by atoms with Gasteiger partial charge in [-0.25, -0.2) is 19.7 Å². The van der Waals surface area contributed by atoms with Crippen molar-refractivity contribution in [2.24, 2.45) is 0 Å². The number of hydrogen-bond donors (Lipinski definition) is 1. The second-order valence-electron chi connectivity index (χ2n) is 11.5. The first kappa shape index (κ1) is 29.2. The highest BCUT2D eigenvalue weighted by atomic mass is 19.4. The molecular formula is C27H34F3N7O3. The normalized spacial score (nSPS) is 17.2. The molecule has 4 heterocycles. The van der Waals surface area contributed by atoms with Crippen LogP contribution in [0.2, 0.25) is 0 Å². The standard InChI is InChI=1S/C27H34F3N7O3/c1-17-8-7-9-37-19(17)14-33-23(37)26(5,6)34-21(38)20-16-36(24(39)40-25(2,3)4)11-10-35(20)15-18-12-31-22(32-13-18)27(28,29)30/h7-9,12-14,20H,10-11,15-16H2,1-6H3,(H,34,38)/t20-/m0/s1. The lowest BCUT2D eigenvalue weighted by molar-refractivity contribution is -0.145. The average Bonchev–Trinajstić information content (AvgIpc) is 3.29. The number of fused-ring (bicyclic) bond motifs is 1. The van der Waals surface area contributed by atoms with Crippen LogP contribution in [0.25, 0.3) is 5.52 Å². The molecule has 1 aliphatic heterocycles. The Balaban J connectivity index is 1.58. The Labute approximate surface area is 230 Å². The lowest BCUT2D eigenvalue weighted by Gasteiger charge is -2.41. The van der Waals surface area contributed by atoms with Crippen LogP contribution in [0.1, 0.15) is 57.4 Å². The first-order valence-corrected chi connectivity index (χ1v) is 12.9. The summed E-state index contributed by atoms with van der Waals surface area (Å²) in [6.07, 6.45) is 0.640. The number of hydrogen-bond acceptors (Lipinski definition) is 7. The summed E-state index contributed by atoms with van der Waals surface area (Å²) in [5.74, 6) is -0.971. The molecule has 0 bridgehead atoms. The minimum Gasteiger partial charge on any atom is -0.444 e. The summed E-state index contributed by atoms with van der Waals surface area (Å²) in [7, 11) is 0. The number of nitrogens with zero attached hydrogens (tertiary/aromatic N) is 6. The molecule has 2 amide bonds. The summed E-state index contributed by atoms with van der Waals surface area (Å²) in [5.41, 5.74) is 0.747. The Morgan fingerprint density at radius 2 is 1.73 bits per heavy atom. The van der Waals surface area contributed by atoms with Gasteiger partial charge in [-0.1, -0.05) is 6.07 Å². The minimum atomic E-state index is -4.65. The van der Waals surface area contributed by atoms with Crippen molar-refractivity contribution in [3.63, 3.8) is 0 Å². The van der Waals surface area contributed by atoms with Crippen LogP contribution in [0.4, 0.5) is 18.0 Å². The molecule has 3 aromatic heterocycles. The SMILES string of the molecule is Cc1cccn2c(C(C)(C)NC(=O)[C@@H]3CN(C(=O)OC(C)(C)C)CCN3Cc3cnc(C(F)(F)F)nc3)ncc12. The van der Waals surface area contributed by atoms with Crippen LogP contribution in [0.5, 0.6) is 0 Å². The fraction of sp³-hybridized carbons (Fsp3) is 0.519. The fourth-order valence-corrected chi connectivity index (χ4v) is 4.64. The summed E-state index contributed by atoms with van der Waals surface area (Å²) in [6.45, 7) is 11.6. The number of halogens is 3. The van der Waals surface area contributed by atoms with Crippen LogP contribution >= 0.6 is 0 Å². The zero-order valence-corrected chi connectivity index (χ0v) is 23.4. The lowest BCUT2D eigenvalue weighted by atomic mass is 10.0. The van der Waals surface area contributed by atoms with Crippen molar-refractivity contribution < 1.29 is 27.5 Å². The van der Waals surface area contributed by atoms with Crippen molar-refractivity contribution in [2.45, 2.75) is 71.4 Å².